The van der Waals surface area contributed by atoms with E-state index in [2.05, 4.69) is 22.8 Å². The topological polar surface area (TPSA) is 58.2 Å². The predicted molar refractivity (Wildman–Crippen MR) is 93.7 cm³/mol. The van der Waals surface area contributed by atoms with E-state index in [4.69, 9.17) is 0 Å². The summed E-state index contributed by atoms with van der Waals surface area (Å²) in [6, 6.07) is 12.7. The summed E-state index contributed by atoms with van der Waals surface area (Å²) in [4.78, 5) is 24.0. The van der Waals surface area contributed by atoms with Gasteiger partial charge in [-0.2, -0.15) is 0 Å². The molecule has 0 radical (unpaired) electrons. The minimum atomic E-state index is -0.958. The van der Waals surface area contributed by atoms with Crippen molar-refractivity contribution >= 4 is 11.8 Å². The van der Waals surface area contributed by atoms with Crippen LogP contribution in [0.25, 0.3) is 0 Å². The van der Waals surface area contributed by atoms with E-state index in [1.54, 1.807) is 0 Å². The van der Waals surface area contributed by atoms with Crippen molar-refractivity contribution in [2.45, 2.75) is 24.7 Å². The fraction of sp³-hybridized carbons (Fsp3) is 0.300. The third-order valence-corrected chi connectivity index (χ3v) is 4.91. The predicted octanol–water partition coefficient (Wildman–Crippen LogP) is 2.93. The summed E-state index contributed by atoms with van der Waals surface area (Å²) in [7, 11) is 0. The van der Waals surface area contributed by atoms with Crippen molar-refractivity contribution in [1.29, 1.82) is 0 Å². The highest BCUT2D eigenvalue weighted by Gasteiger charge is 2.38. The number of carbonyl (C=O) groups excluding carboxylic acids is 2. The molecule has 0 aliphatic heterocycles. The van der Waals surface area contributed by atoms with E-state index in [0.717, 1.165) is 31.4 Å². The van der Waals surface area contributed by atoms with Crippen LogP contribution in [0.2, 0.25) is 0 Å². The molecule has 2 amide bonds. The van der Waals surface area contributed by atoms with Crippen LogP contribution in [0, 0.1) is 11.6 Å². The summed E-state index contributed by atoms with van der Waals surface area (Å²) in [6.45, 7) is 0.233. The first-order chi connectivity index (χ1) is 12.5. The van der Waals surface area contributed by atoms with Gasteiger partial charge in [-0.1, -0.05) is 36.8 Å². The molecule has 1 aliphatic carbocycles. The van der Waals surface area contributed by atoms with Gasteiger partial charge in [0.1, 0.15) is 11.6 Å². The molecule has 0 bridgehead atoms. The minimum absolute atomic E-state index is 0.0516. The highest BCUT2D eigenvalue weighted by molar-refractivity contribution is 5.96. The molecular formula is C20H20F2N2O2. The van der Waals surface area contributed by atoms with Crippen LogP contribution in [-0.2, 0) is 10.2 Å². The van der Waals surface area contributed by atoms with Crippen molar-refractivity contribution in [2.24, 2.45) is 0 Å². The molecule has 3 rings (SSSR count). The van der Waals surface area contributed by atoms with Gasteiger partial charge in [0.2, 0.25) is 5.91 Å². The summed E-state index contributed by atoms with van der Waals surface area (Å²) < 4.78 is 26.4. The van der Waals surface area contributed by atoms with Gasteiger partial charge in [0.15, 0.2) is 0 Å². The smallest absolute Gasteiger partial charge is 0.254 e. The minimum Gasteiger partial charge on any atom is -0.354 e. The molecule has 4 nitrogen and oxygen atoms in total. The molecule has 2 N–H and O–H groups in total. The van der Waals surface area contributed by atoms with Crippen molar-refractivity contribution < 1.29 is 18.4 Å². The highest BCUT2D eigenvalue weighted by Crippen LogP contribution is 2.43. The lowest BCUT2D eigenvalue weighted by Gasteiger charge is -2.42. The number of carbonyl (C=O) groups is 2. The lowest BCUT2D eigenvalue weighted by Crippen LogP contribution is -2.47. The maximum atomic E-state index is 13.6. The lowest BCUT2D eigenvalue weighted by atomic mass is 9.64. The molecule has 0 atom stereocenters. The molecule has 0 unspecified atom stereocenters. The Labute approximate surface area is 150 Å². The Morgan fingerprint density at radius 1 is 1.00 bits per heavy atom. The summed E-state index contributed by atoms with van der Waals surface area (Å²) in [5, 5.41) is 5.20. The maximum absolute atomic E-state index is 13.6. The molecule has 0 aromatic heterocycles. The Morgan fingerprint density at radius 3 is 2.35 bits per heavy atom. The van der Waals surface area contributed by atoms with Crippen molar-refractivity contribution in [3.8, 4) is 0 Å². The van der Waals surface area contributed by atoms with Gasteiger partial charge in [0.25, 0.3) is 5.91 Å². The monoisotopic (exact) mass is 358 g/mol. The second kappa shape index (κ2) is 7.64. The molecule has 1 saturated carbocycles. The number of nitrogens with one attached hydrogen (secondary N) is 2. The van der Waals surface area contributed by atoms with Crippen molar-refractivity contribution in [1.82, 2.24) is 10.6 Å². The average molecular weight is 358 g/mol. The molecule has 0 saturated heterocycles. The Balaban J connectivity index is 1.52. The Kier molecular flexibility index (Phi) is 5.30. The van der Waals surface area contributed by atoms with Gasteiger partial charge in [-0.25, -0.2) is 8.78 Å². The number of rotatable bonds is 6. The van der Waals surface area contributed by atoms with Crippen LogP contribution in [0.4, 0.5) is 8.78 Å². The molecule has 2 aromatic rings. The number of hydrogen-bond donors (Lipinski definition) is 2. The summed E-state index contributed by atoms with van der Waals surface area (Å²) in [5.41, 5.74) is 0.854. The molecule has 1 fully saturated rings. The molecule has 1 aliphatic rings. The van der Waals surface area contributed by atoms with E-state index in [1.165, 1.54) is 5.56 Å². The van der Waals surface area contributed by atoms with Gasteiger partial charge in [0.05, 0.1) is 12.1 Å². The van der Waals surface area contributed by atoms with Crippen molar-refractivity contribution in [3.05, 3.63) is 71.3 Å². The molecule has 2 aromatic carbocycles. The van der Waals surface area contributed by atoms with E-state index in [0.29, 0.717) is 12.6 Å². The standard InChI is InChI=1S/C20H20F2N2O2/c21-15-7-8-16(17(22)11-15)19(26)23-12-18(25)24-13-20(9-4-10-20)14-5-2-1-3-6-14/h1-3,5-8,11H,4,9-10,12-13H2,(H,23,26)(H,24,25). The van der Waals surface area contributed by atoms with Gasteiger partial charge in [0, 0.05) is 18.0 Å². The van der Waals surface area contributed by atoms with E-state index in [1.807, 2.05) is 18.2 Å². The van der Waals surface area contributed by atoms with Crippen LogP contribution >= 0.6 is 0 Å². The number of benzene rings is 2. The van der Waals surface area contributed by atoms with Crippen LogP contribution in [0.3, 0.4) is 0 Å². The van der Waals surface area contributed by atoms with Gasteiger partial charge in [-0.05, 0) is 30.5 Å². The summed E-state index contributed by atoms with van der Waals surface area (Å²) >= 11 is 0. The zero-order chi connectivity index (χ0) is 18.6. The van der Waals surface area contributed by atoms with E-state index in [-0.39, 0.29) is 23.4 Å². The second-order valence-electron chi connectivity index (χ2n) is 6.58. The molecule has 136 valence electrons. The van der Waals surface area contributed by atoms with Crippen LogP contribution in [0.1, 0.15) is 35.2 Å². The quantitative estimate of drug-likeness (QED) is 0.834. The second-order valence-corrected chi connectivity index (χ2v) is 6.58. The van der Waals surface area contributed by atoms with E-state index >= 15 is 0 Å². The largest absolute Gasteiger partial charge is 0.354 e. The molecule has 0 heterocycles. The molecule has 0 spiro atoms. The van der Waals surface area contributed by atoms with Gasteiger partial charge >= 0.3 is 0 Å². The first kappa shape index (κ1) is 18.0. The number of halogens is 2. The zero-order valence-corrected chi connectivity index (χ0v) is 14.2. The molecular weight excluding hydrogens is 338 g/mol. The van der Waals surface area contributed by atoms with E-state index in [9.17, 15) is 18.4 Å². The van der Waals surface area contributed by atoms with Crippen molar-refractivity contribution in [2.75, 3.05) is 13.1 Å². The van der Waals surface area contributed by atoms with Crippen LogP contribution < -0.4 is 10.6 Å². The third-order valence-electron chi connectivity index (χ3n) is 4.91. The Hall–Kier alpha value is -2.76. The van der Waals surface area contributed by atoms with Crippen LogP contribution in [-0.4, -0.2) is 24.9 Å². The van der Waals surface area contributed by atoms with Crippen LogP contribution in [0.5, 0.6) is 0 Å². The Morgan fingerprint density at radius 2 is 1.73 bits per heavy atom. The normalized spacial score (nSPS) is 15.0. The highest BCUT2D eigenvalue weighted by atomic mass is 19.1. The van der Waals surface area contributed by atoms with Gasteiger partial charge < -0.3 is 10.6 Å². The van der Waals surface area contributed by atoms with Crippen LogP contribution in [0.15, 0.2) is 48.5 Å². The average Bonchev–Trinajstić information content (AvgIpc) is 2.59. The first-order valence-electron chi connectivity index (χ1n) is 8.56. The van der Waals surface area contributed by atoms with Gasteiger partial charge in [-0.15, -0.1) is 0 Å². The molecule has 6 heteroatoms. The first-order valence-corrected chi connectivity index (χ1v) is 8.56. The fourth-order valence-corrected chi connectivity index (χ4v) is 3.22. The Bertz CT molecular complexity index is 805. The number of amides is 2. The zero-order valence-electron chi connectivity index (χ0n) is 14.2. The lowest BCUT2D eigenvalue weighted by molar-refractivity contribution is -0.120. The van der Waals surface area contributed by atoms with Crippen molar-refractivity contribution in [3.63, 3.8) is 0 Å². The van der Waals surface area contributed by atoms with Gasteiger partial charge in [-0.3, -0.25) is 9.59 Å². The SMILES string of the molecule is O=C(CNC(=O)c1ccc(F)cc1F)NCC1(c2ccccc2)CCC1. The fourth-order valence-electron chi connectivity index (χ4n) is 3.22. The third kappa shape index (κ3) is 3.90. The summed E-state index contributed by atoms with van der Waals surface area (Å²) in [5.74, 6) is -2.81. The summed E-state index contributed by atoms with van der Waals surface area (Å²) in [6.07, 6.45) is 3.13. The maximum Gasteiger partial charge on any atom is 0.254 e. The number of hydrogen-bond acceptors (Lipinski definition) is 2. The van der Waals surface area contributed by atoms with E-state index < -0.39 is 17.5 Å². The molecule has 26 heavy (non-hydrogen) atoms.